The van der Waals surface area contributed by atoms with Gasteiger partial charge in [0.05, 0.1) is 0 Å². The molecule has 0 aromatic rings. The van der Waals surface area contributed by atoms with Crippen molar-refractivity contribution in [1.82, 2.24) is 4.90 Å². The summed E-state index contributed by atoms with van der Waals surface area (Å²) >= 11 is 0. The number of hydrogen-bond acceptors (Lipinski definition) is 2. The molecule has 2 heterocycles. The van der Waals surface area contributed by atoms with Gasteiger partial charge in [0.25, 0.3) is 0 Å². The van der Waals surface area contributed by atoms with Gasteiger partial charge in [-0.15, -0.1) is 0 Å². The molecule has 0 radical (unpaired) electrons. The first kappa shape index (κ1) is 9.20. The molecule has 2 saturated heterocycles. The lowest BCUT2D eigenvalue weighted by molar-refractivity contribution is -0.113. The van der Waals surface area contributed by atoms with Crippen LogP contribution in [0.25, 0.3) is 0 Å². The number of aldehydes is 1. The fourth-order valence-electron chi connectivity index (χ4n) is 3.21. The standard InChI is InChI=1S/C11H19NO/c1-8(2)12-10-3-4-11(12)6-9(5-10)7-13/h7-11H,3-6H2,1-2H3. The maximum absolute atomic E-state index is 10.7. The van der Waals surface area contributed by atoms with E-state index in [1.54, 1.807) is 0 Å². The van der Waals surface area contributed by atoms with E-state index in [9.17, 15) is 4.79 Å². The first-order chi connectivity index (χ1) is 6.22. The number of carbonyl (C=O) groups excluding carboxylic acids is 1. The Morgan fingerprint density at radius 3 is 2.15 bits per heavy atom. The van der Waals surface area contributed by atoms with Crippen molar-refractivity contribution in [2.75, 3.05) is 0 Å². The third kappa shape index (κ3) is 1.52. The number of piperidine rings is 1. The summed E-state index contributed by atoms with van der Waals surface area (Å²) in [6.07, 6.45) is 6.01. The largest absolute Gasteiger partial charge is 0.303 e. The molecule has 0 saturated carbocycles. The van der Waals surface area contributed by atoms with E-state index >= 15 is 0 Å². The molecular formula is C11H19NO. The molecule has 2 unspecified atom stereocenters. The Morgan fingerprint density at radius 2 is 1.77 bits per heavy atom. The molecular weight excluding hydrogens is 162 g/mol. The first-order valence-corrected chi connectivity index (χ1v) is 5.45. The number of fused-ring (bicyclic) bond motifs is 2. The molecule has 2 atom stereocenters. The Morgan fingerprint density at radius 1 is 1.23 bits per heavy atom. The predicted octanol–water partition coefficient (Wildman–Crippen LogP) is 1.84. The lowest BCUT2D eigenvalue weighted by Gasteiger charge is -2.40. The number of nitrogens with zero attached hydrogens (tertiary/aromatic N) is 1. The summed E-state index contributed by atoms with van der Waals surface area (Å²) in [6, 6.07) is 2.06. The molecule has 0 spiro atoms. The molecule has 2 nitrogen and oxygen atoms in total. The van der Waals surface area contributed by atoms with E-state index in [1.165, 1.54) is 19.1 Å². The third-order valence-electron chi connectivity index (χ3n) is 3.61. The SMILES string of the molecule is CC(C)N1C2CCC1CC(C=O)C2. The molecule has 2 aliphatic heterocycles. The van der Waals surface area contributed by atoms with E-state index in [2.05, 4.69) is 18.7 Å². The van der Waals surface area contributed by atoms with E-state index in [0.717, 1.165) is 12.8 Å². The number of carbonyl (C=O) groups is 1. The fourth-order valence-corrected chi connectivity index (χ4v) is 3.21. The molecule has 2 fully saturated rings. The minimum Gasteiger partial charge on any atom is -0.303 e. The van der Waals surface area contributed by atoms with Gasteiger partial charge in [-0.1, -0.05) is 0 Å². The van der Waals surface area contributed by atoms with Crippen molar-refractivity contribution in [3.8, 4) is 0 Å². The summed E-state index contributed by atoms with van der Waals surface area (Å²) in [5.41, 5.74) is 0. The Bertz CT molecular complexity index is 188. The highest BCUT2D eigenvalue weighted by Gasteiger charge is 2.41. The van der Waals surface area contributed by atoms with Gasteiger partial charge in [-0.2, -0.15) is 0 Å². The zero-order chi connectivity index (χ0) is 9.42. The van der Waals surface area contributed by atoms with Crippen LogP contribution >= 0.6 is 0 Å². The number of hydrogen-bond donors (Lipinski definition) is 0. The third-order valence-corrected chi connectivity index (χ3v) is 3.61. The van der Waals surface area contributed by atoms with Crippen LogP contribution in [0.15, 0.2) is 0 Å². The monoisotopic (exact) mass is 181 g/mol. The van der Waals surface area contributed by atoms with Gasteiger partial charge in [0, 0.05) is 24.0 Å². The van der Waals surface area contributed by atoms with Gasteiger partial charge >= 0.3 is 0 Å². The zero-order valence-corrected chi connectivity index (χ0v) is 8.57. The van der Waals surface area contributed by atoms with Gasteiger partial charge in [0.15, 0.2) is 0 Å². The molecule has 0 aliphatic carbocycles. The molecule has 0 aromatic heterocycles. The zero-order valence-electron chi connectivity index (χ0n) is 8.57. The van der Waals surface area contributed by atoms with Crippen molar-refractivity contribution < 1.29 is 4.79 Å². The van der Waals surface area contributed by atoms with Crippen molar-refractivity contribution in [3.63, 3.8) is 0 Å². The van der Waals surface area contributed by atoms with Crippen LogP contribution < -0.4 is 0 Å². The van der Waals surface area contributed by atoms with Crippen molar-refractivity contribution in [2.24, 2.45) is 5.92 Å². The minimum atomic E-state index is 0.354. The van der Waals surface area contributed by atoms with E-state index in [4.69, 9.17) is 0 Å². The molecule has 2 bridgehead atoms. The van der Waals surface area contributed by atoms with Crippen LogP contribution in [0.1, 0.15) is 39.5 Å². The second-order valence-corrected chi connectivity index (χ2v) is 4.79. The van der Waals surface area contributed by atoms with Crippen LogP contribution in [0.2, 0.25) is 0 Å². The average molecular weight is 181 g/mol. The molecule has 0 amide bonds. The van der Waals surface area contributed by atoms with Gasteiger partial charge in [0.2, 0.25) is 0 Å². The van der Waals surface area contributed by atoms with Crippen LogP contribution in [0.5, 0.6) is 0 Å². The van der Waals surface area contributed by atoms with Crippen LogP contribution in [0.3, 0.4) is 0 Å². The summed E-state index contributed by atoms with van der Waals surface area (Å²) in [6.45, 7) is 4.54. The van der Waals surface area contributed by atoms with Gasteiger partial charge in [0.1, 0.15) is 6.29 Å². The maximum Gasteiger partial charge on any atom is 0.123 e. The fraction of sp³-hybridized carbons (Fsp3) is 0.909. The van der Waals surface area contributed by atoms with Crippen molar-refractivity contribution in [2.45, 2.75) is 57.7 Å². The van der Waals surface area contributed by atoms with Crippen LogP contribution in [-0.2, 0) is 4.79 Å². The van der Waals surface area contributed by atoms with Gasteiger partial charge in [-0.05, 0) is 39.5 Å². The van der Waals surface area contributed by atoms with Gasteiger partial charge in [-0.25, -0.2) is 0 Å². The Labute approximate surface area is 80.3 Å². The Kier molecular flexibility index (Phi) is 2.41. The molecule has 2 aliphatic rings. The maximum atomic E-state index is 10.7. The highest BCUT2D eigenvalue weighted by atomic mass is 16.1. The topological polar surface area (TPSA) is 20.3 Å². The van der Waals surface area contributed by atoms with E-state index < -0.39 is 0 Å². The molecule has 2 rings (SSSR count). The second-order valence-electron chi connectivity index (χ2n) is 4.79. The van der Waals surface area contributed by atoms with Crippen LogP contribution in [-0.4, -0.2) is 29.3 Å². The normalized spacial score (nSPS) is 39.8. The Hall–Kier alpha value is -0.370. The Balaban J connectivity index is 2.08. The quantitative estimate of drug-likeness (QED) is 0.606. The summed E-state index contributed by atoms with van der Waals surface area (Å²) in [7, 11) is 0. The highest BCUT2D eigenvalue weighted by Crippen LogP contribution is 2.38. The molecule has 2 heteroatoms. The lowest BCUT2D eigenvalue weighted by Crippen LogP contribution is -2.46. The summed E-state index contributed by atoms with van der Waals surface area (Å²) in [4.78, 5) is 13.4. The van der Waals surface area contributed by atoms with Crippen LogP contribution in [0, 0.1) is 5.92 Å². The van der Waals surface area contributed by atoms with Crippen LogP contribution in [0.4, 0.5) is 0 Å². The van der Waals surface area contributed by atoms with Crippen molar-refractivity contribution >= 4 is 6.29 Å². The van der Waals surface area contributed by atoms with Crippen molar-refractivity contribution in [1.29, 1.82) is 0 Å². The predicted molar refractivity (Wildman–Crippen MR) is 52.6 cm³/mol. The summed E-state index contributed by atoms with van der Waals surface area (Å²) in [5, 5.41) is 0. The summed E-state index contributed by atoms with van der Waals surface area (Å²) in [5.74, 6) is 0.354. The van der Waals surface area contributed by atoms with E-state index in [1.807, 2.05) is 0 Å². The highest BCUT2D eigenvalue weighted by molar-refractivity contribution is 5.54. The summed E-state index contributed by atoms with van der Waals surface area (Å²) < 4.78 is 0. The average Bonchev–Trinajstić information content (AvgIpc) is 2.37. The minimum absolute atomic E-state index is 0.354. The second kappa shape index (κ2) is 3.41. The number of rotatable bonds is 2. The van der Waals surface area contributed by atoms with E-state index in [0.29, 0.717) is 24.0 Å². The van der Waals surface area contributed by atoms with Crippen molar-refractivity contribution in [3.05, 3.63) is 0 Å². The molecule has 0 aromatic carbocycles. The van der Waals surface area contributed by atoms with E-state index in [-0.39, 0.29) is 0 Å². The van der Waals surface area contributed by atoms with Gasteiger partial charge in [-0.3, -0.25) is 4.90 Å². The molecule has 74 valence electrons. The molecule has 13 heavy (non-hydrogen) atoms. The molecule has 0 N–H and O–H groups in total. The smallest absolute Gasteiger partial charge is 0.123 e. The lowest BCUT2D eigenvalue weighted by atomic mass is 9.91. The first-order valence-electron chi connectivity index (χ1n) is 5.45. The van der Waals surface area contributed by atoms with Gasteiger partial charge < -0.3 is 4.79 Å².